The molecule has 0 aliphatic heterocycles. The average Bonchev–Trinajstić information content (AvgIpc) is 3.36. The van der Waals surface area contributed by atoms with Gasteiger partial charge in [-0.2, -0.15) is 0 Å². The predicted molar refractivity (Wildman–Crippen MR) is 300 cm³/mol. The number of carbonyl (C=O) groups is 3. The second-order valence-corrected chi connectivity index (χ2v) is 24.5. The molecular weight excluding hydrogens is 1140 g/mol. The van der Waals surface area contributed by atoms with E-state index in [2.05, 4.69) is 20.8 Å². The number of hydrogen-bond donors (Lipinski definition) is 0. The summed E-state index contributed by atoms with van der Waals surface area (Å²) in [6.45, 7) is 5.88. The fourth-order valence-electron chi connectivity index (χ4n) is 9.60. The predicted octanol–water partition coefficient (Wildman–Crippen LogP) is 5.15. The van der Waals surface area contributed by atoms with Crippen LogP contribution in [0.15, 0.2) is 0 Å². The number of carbonyl (C=O) groups excluding carboxylic acids is 3. The third kappa shape index (κ3) is 66.8. The van der Waals surface area contributed by atoms with E-state index in [1.54, 1.807) is 0 Å². The van der Waals surface area contributed by atoms with Crippen LogP contribution in [0.5, 0.6) is 0 Å². The van der Waals surface area contributed by atoms with Crippen molar-refractivity contribution in [3.63, 3.8) is 0 Å². The molecule has 0 saturated heterocycles. The molecule has 0 spiro atoms. The Bertz CT molecular complexity index is 1710. The van der Waals surface area contributed by atoms with Gasteiger partial charge in [-0.05, 0) is 57.8 Å². The van der Waals surface area contributed by atoms with Crippen LogP contribution in [-0.4, -0.2) is 94.4 Å². The summed E-state index contributed by atoms with van der Waals surface area (Å²) in [6.07, 6.45) is 33.3. The molecule has 24 heteroatoms. The molecule has 0 aromatic heterocycles. The molecule has 0 N–H and O–H groups in total. The summed E-state index contributed by atoms with van der Waals surface area (Å²) in [4.78, 5) is 38.5. The number of unbranched alkanes of at least 4 members (excludes halogenated alkanes) is 30. The smallest absolute Gasteiger partial charge is 0.726 e. The van der Waals surface area contributed by atoms with Gasteiger partial charge in [0.15, 0.2) is 6.10 Å². The van der Waals surface area contributed by atoms with Crippen LogP contribution in [0, 0.1) is 0 Å². The zero-order chi connectivity index (χ0) is 58.0. The molecule has 0 heterocycles. The quantitative estimate of drug-likeness (QED) is 0.0190. The molecule has 3 atom stereocenters. The van der Waals surface area contributed by atoms with Crippen molar-refractivity contribution in [2.75, 3.05) is 13.2 Å². The number of ether oxygens (including phenoxy) is 3. The van der Waals surface area contributed by atoms with E-state index in [9.17, 15) is 53.3 Å². The van der Waals surface area contributed by atoms with Crippen molar-refractivity contribution < 1.29 is 169 Å². The summed E-state index contributed by atoms with van der Waals surface area (Å²) < 4.78 is 133. The summed E-state index contributed by atoms with van der Waals surface area (Å²) in [5, 5.41) is 0. The molecule has 0 aliphatic carbocycles. The Morgan fingerprint density at radius 1 is 0.296 bits per heavy atom. The summed E-state index contributed by atoms with van der Waals surface area (Å²) in [5.41, 5.74) is 0. The van der Waals surface area contributed by atoms with Crippen molar-refractivity contribution in [2.45, 2.75) is 334 Å². The number of rotatable bonds is 59. The van der Waals surface area contributed by atoms with Crippen LogP contribution in [0.4, 0.5) is 0 Å². The Hall–Kier alpha value is 1.02. The molecule has 3 unspecified atom stereocenters. The van der Waals surface area contributed by atoms with E-state index in [-0.39, 0.29) is 121 Å². The van der Waals surface area contributed by atoms with Crippen molar-refractivity contribution in [1.82, 2.24) is 0 Å². The molecule has 0 aromatic rings. The van der Waals surface area contributed by atoms with Crippen molar-refractivity contribution in [1.29, 1.82) is 0 Å². The Balaban J connectivity index is -0.00000988. The molecule has 0 saturated carbocycles. The Labute approximate surface area is 559 Å². The third-order valence-electron chi connectivity index (χ3n) is 14.0. The fourth-order valence-corrected chi connectivity index (χ4v) is 11.2. The molecular formula is C57H107Na3O18S3. The van der Waals surface area contributed by atoms with Crippen molar-refractivity contribution in [2.24, 2.45) is 0 Å². The van der Waals surface area contributed by atoms with Crippen LogP contribution < -0.4 is 88.7 Å². The van der Waals surface area contributed by atoms with E-state index in [0.29, 0.717) is 64.2 Å². The SMILES string of the molecule is CCCCCCCCC(CCCCCCCCC(=O)OCC(COC(=O)CCCCCCCCC(CCCCCCCC)OS(=O)(=O)[O-])OC(=O)CCCCCCCCC(CCCCCCCC)OS(=O)(=O)[O-])OS(=O)(=O)[O-].[Na+].[Na+].[Na+]. The molecule has 0 aliphatic rings. The van der Waals surface area contributed by atoms with Crippen LogP contribution in [0.2, 0.25) is 0 Å². The molecule has 18 nitrogen and oxygen atoms in total. The Morgan fingerprint density at radius 2 is 0.494 bits per heavy atom. The first-order valence-corrected chi connectivity index (χ1v) is 34.7. The molecule has 0 rings (SSSR count). The summed E-state index contributed by atoms with van der Waals surface area (Å²) in [7, 11) is -14.3. The maximum Gasteiger partial charge on any atom is 1.00 e. The Morgan fingerprint density at radius 3 is 0.716 bits per heavy atom. The average molecular weight is 1250 g/mol. The van der Waals surface area contributed by atoms with Crippen molar-refractivity contribution in [3.8, 4) is 0 Å². The molecule has 0 aromatic carbocycles. The summed E-state index contributed by atoms with van der Waals surface area (Å²) >= 11 is 0. The van der Waals surface area contributed by atoms with Gasteiger partial charge in [-0.15, -0.1) is 0 Å². The third-order valence-corrected chi connectivity index (χ3v) is 15.6. The first-order valence-electron chi connectivity index (χ1n) is 30.7. The minimum atomic E-state index is -4.78. The van der Waals surface area contributed by atoms with Gasteiger partial charge in [0.1, 0.15) is 13.2 Å². The van der Waals surface area contributed by atoms with Crippen LogP contribution in [0.25, 0.3) is 0 Å². The van der Waals surface area contributed by atoms with E-state index < -0.39 is 73.5 Å². The number of esters is 3. The van der Waals surface area contributed by atoms with Gasteiger partial charge in [0.2, 0.25) is 31.2 Å². The van der Waals surface area contributed by atoms with E-state index >= 15 is 0 Å². The van der Waals surface area contributed by atoms with E-state index in [1.165, 1.54) is 19.3 Å². The summed E-state index contributed by atoms with van der Waals surface area (Å²) in [5.74, 6) is -1.45. The van der Waals surface area contributed by atoms with Crippen LogP contribution in [-0.2, 0) is 72.3 Å². The maximum absolute atomic E-state index is 13.0. The Kier molecular flexibility index (Phi) is 65.5. The zero-order valence-corrected chi connectivity index (χ0v) is 60.1. The molecule has 464 valence electrons. The van der Waals surface area contributed by atoms with Gasteiger partial charge in [-0.3, -0.25) is 26.9 Å². The van der Waals surface area contributed by atoms with E-state index in [0.717, 1.165) is 186 Å². The molecule has 0 fully saturated rings. The van der Waals surface area contributed by atoms with Crippen molar-refractivity contribution >= 4 is 49.1 Å². The standard InChI is InChI=1S/C57H110O18S3.3Na/c1-4-7-10-13-22-31-40-51(73-76(61,62)63)43-34-25-16-19-28-37-46-55(58)70-49-54(72-57(60)48-39-30-21-18-27-36-45-53(75-78(67,68)69)42-33-24-15-12-9-6-3)50-71-56(59)47-38-29-20-17-26-35-44-52(74-77(64,65)66)41-32-23-14-11-8-5-2;;;/h51-54H,4-50H2,1-3H3,(H,61,62,63)(H,64,65,66)(H,67,68,69);;;/q;3*+1/p-3. The van der Waals surface area contributed by atoms with Gasteiger partial charge < -0.3 is 27.9 Å². The van der Waals surface area contributed by atoms with Gasteiger partial charge in [0.05, 0.1) is 18.3 Å². The van der Waals surface area contributed by atoms with Crippen molar-refractivity contribution in [3.05, 3.63) is 0 Å². The maximum atomic E-state index is 13.0. The largest absolute Gasteiger partial charge is 1.00 e. The van der Waals surface area contributed by atoms with Crippen LogP contribution in [0.1, 0.15) is 310 Å². The minimum absolute atomic E-state index is 0. The monoisotopic (exact) mass is 1240 g/mol. The molecule has 81 heavy (non-hydrogen) atoms. The van der Waals surface area contributed by atoms with E-state index in [4.69, 9.17) is 26.8 Å². The van der Waals surface area contributed by atoms with Gasteiger partial charge in [0.25, 0.3) is 0 Å². The first-order chi connectivity index (χ1) is 37.3. The molecule has 0 radical (unpaired) electrons. The fraction of sp³-hybridized carbons (Fsp3) is 0.947. The van der Waals surface area contributed by atoms with Crippen LogP contribution >= 0.6 is 0 Å². The second-order valence-electron chi connectivity index (χ2n) is 21.5. The van der Waals surface area contributed by atoms with Gasteiger partial charge in [-0.25, -0.2) is 25.3 Å². The number of hydrogen-bond acceptors (Lipinski definition) is 18. The van der Waals surface area contributed by atoms with Gasteiger partial charge >= 0.3 is 107 Å². The normalized spacial score (nSPS) is 13.3. The zero-order valence-electron chi connectivity index (χ0n) is 51.6. The summed E-state index contributed by atoms with van der Waals surface area (Å²) in [6, 6.07) is 0. The van der Waals surface area contributed by atoms with Gasteiger partial charge in [-0.1, -0.05) is 233 Å². The molecule has 0 amide bonds. The first kappa shape index (κ1) is 88.4. The van der Waals surface area contributed by atoms with Gasteiger partial charge in [0, 0.05) is 19.3 Å². The second kappa shape index (κ2) is 60.0. The topological polar surface area (TPSA) is 278 Å². The molecule has 0 bridgehead atoms. The minimum Gasteiger partial charge on any atom is -0.726 e. The van der Waals surface area contributed by atoms with E-state index in [1.807, 2.05) is 0 Å². The van der Waals surface area contributed by atoms with Crippen LogP contribution in [0.3, 0.4) is 0 Å².